The van der Waals surface area contributed by atoms with Crippen LogP contribution < -0.4 is 10.6 Å². The Morgan fingerprint density at radius 2 is 1.74 bits per heavy atom. The molecule has 0 saturated carbocycles. The lowest BCUT2D eigenvalue weighted by atomic mass is 10.1. The van der Waals surface area contributed by atoms with Gasteiger partial charge < -0.3 is 20.8 Å². The zero-order chi connectivity index (χ0) is 16.8. The van der Waals surface area contributed by atoms with E-state index in [1.54, 1.807) is 18.2 Å². The normalized spacial score (nSPS) is 11.5. The number of carboxylic acids is 1. The van der Waals surface area contributed by atoms with Crippen LogP contribution >= 0.6 is 0 Å². The zero-order valence-corrected chi connectivity index (χ0v) is 12.0. The molecule has 6 nitrogen and oxygen atoms in total. The third kappa shape index (κ3) is 4.70. The number of halogens is 1. The fourth-order valence-electron chi connectivity index (χ4n) is 1.95. The van der Waals surface area contributed by atoms with Crippen molar-refractivity contribution >= 4 is 17.7 Å². The number of carboxylic acid groups (broad SMARTS) is 1. The van der Waals surface area contributed by atoms with Crippen LogP contribution in [0.15, 0.2) is 48.5 Å². The number of amides is 2. The Morgan fingerprint density at radius 3 is 2.35 bits per heavy atom. The van der Waals surface area contributed by atoms with Crippen LogP contribution in [0.25, 0.3) is 0 Å². The molecule has 0 aliphatic rings. The van der Waals surface area contributed by atoms with Gasteiger partial charge in [0.1, 0.15) is 17.6 Å². The van der Waals surface area contributed by atoms with Crippen molar-refractivity contribution in [2.45, 2.75) is 12.5 Å². The van der Waals surface area contributed by atoms with Crippen LogP contribution in [0.1, 0.15) is 5.56 Å². The second kappa shape index (κ2) is 7.26. The van der Waals surface area contributed by atoms with E-state index in [1.807, 2.05) is 0 Å². The number of carbonyl (C=O) groups excluding carboxylic acids is 1. The predicted octanol–water partition coefficient (Wildman–Crippen LogP) is 2.35. The summed E-state index contributed by atoms with van der Waals surface area (Å²) in [5.74, 6) is -1.78. The largest absolute Gasteiger partial charge is 0.508 e. The van der Waals surface area contributed by atoms with E-state index >= 15 is 0 Å². The van der Waals surface area contributed by atoms with Gasteiger partial charge in [0, 0.05) is 6.42 Å². The molecule has 0 fully saturated rings. The number of aromatic hydroxyl groups is 1. The molecule has 2 amide bonds. The molecular weight excluding hydrogens is 303 g/mol. The molecule has 0 heterocycles. The van der Waals surface area contributed by atoms with Crippen molar-refractivity contribution in [1.82, 2.24) is 5.32 Å². The van der Waals surface area contributed by atoms with Gasteiger partial charge in [-0.25, -0.2) is 14.0 Å². The summed E-state index contributed by atoms with van der Waals surface area (Å²) in [4.78, 5) is 23.1. The molecule has 2 rings (SSSR count). The number of benzene rings is 2. The fourth-order valence-corrected chi connectivity index (χ4v) is 1.95. The molecule has 0 aliphatic heterocycles. The summed E-state index contributed by atoms with van der Waals surface area (Å²) in [5.41, 5.74) is 0.583. The lowest BCUT2D eigenvalue weighted by Crippen LogP contribution is -2.44. The number of anilines is 1. The van der Waals surface area contributed by atoms with Gasteiger partial charge in [0.2, 0.25) is 0 Å². The molecular formula is C16H15FN2O4. The average molecular weight is 318 g/mol. The molecule has 0 aliphatic carbocycles. The summed E-state index contributed by atoms with van der Waals surface area (Å²) in [5, 5.41) is 22.9. The van der Waals surface area contributed by atoms with Crippen LogP contribution in [0.3, 0.4) is 0 Å². The van der Waals surface area contributed by atoms with Crippen molar-refractivity contribution in [3.8, 4) is 5.75 Å². The van der Waals surface area contributed by atoms with Crippen LogP contribution in [0.2, 0.25) is 0 Å². The molecule has 0 bridgehead atoms. The highest BCUT2D eigenvalue weighted by molar-refractivity contribution is 5.92. The minimum Gasteiger partial charge on any atom is -0.508 e. The van der Waals surface area contributed by atoms with Gasteiger partial charge in [-0.2, -0.15) is 0 Å². The Bertz CT molecular complexity index is 703. The van der Waals surface area contributed by atoms with Gasteiger partial charge in [0.05, 0.1) is 5.69 Å². The van der Waals surface area contributed by atoms with Crippen LogP contribution in [-0.2, 0) is 11.2 Å². The average Bonchev–Trinajstić information content (AvgIpc) is 2.51. The van der Waals surface area contributed by atoms with Crippen molar-refractivity contribution < 1.29 is 24.2 Å². The molecule has 1 atom stereocenters. The molecule has 2 aromatic rings. The minimum atomic E-state index is -1.22. The Labute approximate surface area is 131 Å². The lowest BCUT2D eigenvalue weighted by molar-refractivity contribution is -0.139. The Hall–Kier alpha value is -3.09. The quantitative estimate of drug-likeness (QED) is 0.680. The number of phenolic OH excluding ortho intramolecular Hbond substituents is 1. The first-order valence-electron chi connectivity index (χ1n) is 6.78. The third-order valence-electron chi connectivity index (χ3n) is 3.10. The predicted molar refractivity (Wildman–Crippen MR) is 81.8 cm³/mol. The molecule has 0 saturated heterocycles. The van der Waals surface area contributed by atoms with Crippen LogP contribution in [0, 0.1) is 5.82 Å². The summed E-state index contributed by atoms with van der Waals surface area (Å²) >= 11 is 0. The number of hydrogen-bond donors (Lipinski definition) is 4. The molecule has 120 valence electrons. The van der Waals surface area contributed by atoms with Gasteiger partial charge in [0.25, 0.3) is 0 Å². The highest BCUT2D eigenvalue weighted by atomic mass is 19.1. The number of urea groups is 1. The van der Waals surface area contributed by atoms with E-state index in [1.165, 1.54) is 30.3 Å². The van der Waals surface area contributed by atoms with E-state index in [4.69, 9.17) is 0 Å². The smallest absolute Gasteiger partial charge is 0.326 e. The van der Waals surface area contributed by atoms with Crippen molar-refractivity contribution in [3.05, 3.63) is 59.9 Å². The van der Waals surface area contributed by atoms with Gasteiger partial charge in [-0.3, -0.25) is 0 Å². The first-order valence-corrected chi connectivity index (χ1v) is 6.78. The summed E-state index contributed by atoms with van der Waals surface area (Å²) in [7, 11) is 0. The fraction of sp³-hybridized carbons (Fsp3) is 0.125. The minimum absolute atomic E-state index is 0.0281. The lowest BCUT2D eigenvalue weighted by Gasteiger charge is -2.15. The number of para-hydroxylation sites is 1. The Balaban J connectivity index is 2.01. The van der Waals surface area contributed by atoms with Crippen LogP contribution in [0.5, 0.6) is 5.75 Å². The van der Waals surface area contributed by atoms with Gasteiger partial charge >= 0.3 is 12.0 Å². The van der Waals surface area contributed by atoms with Crippen LogP contribution in [-0.4, -0.2) is 28.3 Å². The van der Waals surface area contributed by atoms with E-state index in [9.17, 15) is 24.2 Å². The van der Waals surface area contributed by atoms with Gasteiger partial charge in [-0.15, -0.1) is 0 Å². The summed E-state index contributed by atoms with van der Waals surface area (Å²) < 4.78 is 13.4. The van der Waals surface area contributed by atoms with E-state index in [-0.39, 0.29) is 17.9 Å². The number of nitrogens with one attached hydrogen (secondary N) is 2. The second-order valence-corrected chi connectivity index (χ2v) is 4.84. The first-order chi connectivity index (χ1) is 11.0. The SMILES string of the molecule is O=C(Nc1ccccc1F)NC(Cc1ccc(O)cc1)C(=O)O. The maximum absolute atomic E-state index is 13.4. The summed E-state index contributed by atoms with van der Waals surface area (Å²) in [6.07, 6.45) is 0.0281. The van der Waals surface area contributed by atoms with Crippen molar-refractivity contribution in [1.29, 1.82) is 0 Å². The van der Waals surface area contributed by atoms with E-state index in [2.05, 4.69) is 10.6 Å². The number of hydrogen-bond acceptors (Lipinski definition) is 3. The maximum atomic E-state index is 13.4. The topological polar surface area (TPSA) is 98.7 Å². The van der Waals surface area contributed by atoms with Crippen molar-refractivity contribution in [2.24, 2.45) is 0 Å². The van der Waals surface area contributed by atoms with Crippen molar-refractivity contribution in [3.63, 3.8) is 0 Å². The van der Waals surface area contributed by atoms with E-state index in [0.29, 0.717) is 5.56 Å². The first kappa shape index (κ1) is 16.3. The van der Waals surface area contributed by atoms with E-state index in [0.717, 1.165) is 0 Å². The molecule has 23 heavy (non-hydrogen) atoms. The Morgan fingerprint density at radius 1 is 1.09 bits per heavy atom. The van der Waals surface area contributed by atoms with Gasteiger partial charge in [-0.1, -0.05) is 24.3 Å². The number of carbonyl (C=O) groups is 2. The number of aliphatic carboxylic acids is 1. The summed E-state index contributed by atoms with van der Waals surface area (Å²) in [6, 6.07) is 9.52. The Kier molecular flexibility index (Phi) is 5.14. The number of phenols is 1. The molecule has 1 unspecified atom stereocenters. The monoisotopic (exact) mass is 318 g/mol. The molecule has 0 spiro atoms. The van der Waals surface area contributed by atoms with Crippen LogP contribution in [0.4, 0.5) is 14.9 Å². The molecule has 0 radical (unpaired) electrons. The van der Waals surface area contributed by atoms with Gasteiger partial charge in [-0.05, 0) is 29.8 Å². The number of rotatable bonds is 5. The molecule has 2 aromatic carbocycles. The molecule has 7 heteroatoms. The second-order valence-electron chi connectivity index (χ2n) is 4.84. The standard InChI is InChI=1S/C16H15FN2O4/c17-12-3-1-2-4-13(12)18-16(23)19-14(15(21)22)9-10-5-7-11(20)8-6-10/h1-8,14,20H,9H2,(H,21,22)(H2,18,19,23). The highest BCUT2D eigenvalue weighted by Crippen LogP contribution is 2.13. The van der Waals surface area contributed by atoms with Gasteiger partial charge in [0.15, 0.2) is 0 Å². The maximum Gasteiger partial charge on any atom is 0.326 e. The third-order valence-corrected chi connectivity index (χ3v) is 3.10. The van der Waals surface area contributed by atoms with E-state index < -0.39 is 23.9 Å². The molecule has 4 N–H and O–H groups in total. The highest BCUT2D eigenvalue weighted by Gasteiger charge is 2.20. The molecule has 0 aromatic heterocycles. The summed E-state index contributed by atoms with van der Waals surface area (Å²) in [6.45, 7) is 0. The zero-order valence-electron chi connectivity index (χ0n) is 12.0. The van der Waals surface area contributed by atoms with Crippen molar-refractivity contribution in [2.75, 3.05) is 5.32 Å².